The van der Waals surface area contributed by atoms with Gasteiger partial charge in [0.25, 0.3) is 0 Å². The molecule has 0 heterocycles. The predicted octanol–water partition coefficient (Wildman–Crippen LogP) is 3.28. The van der Waals surface area contributed by atoms with Gasteiger partial charge in [-0.15, -0.1) is 0 Å². The van der Waals surface area contributed by atoms with Crippen molar-refractivity contribution < 1.29 is 0 Å². The second-order valence-corrected chi connectivity index (χ2v) is 6.44. The Balaban J connectivity index is 1.60. The summed E-state index contributed by atoms with van der Waals surface area (Å²) in [6.07, 6.45) is 8.63. The van der Waals surface area contributed by atoms with Crippen LogP contribution in [0.3, 0.4) is 0 Å². The molecule has 2 aliphatic carbocycles. The molecule has 2 heteroatoms. The molecule has 0 bridgehead atoms. The minimum Gasteiger partial charge on any atom is -0.311 e. The third kappa shape index (κ3) is 4.55. The van der Waals surface area contributed by atoms with Crippen molar-refractivity contribution >= 4 is 0 Å². The van der Waals surface area contributed by atoms with E-state index >= 15 is 0 Å². The maximum atomic E-state index is 3.93. The fourth-order valence-electron chi connectivity index (χ4n) is 3.14. The van der Waals surface area contributed by atoms with Crippen LogP contribution in [0.1, 0.15) is 59.3 Å². The molecule has 0 spiro atoms. The highest BCUT2D eigenvalue weighted by Gasteiger charge is 2.41. The molecule has 0 aromatic heterocycles. The highest BCUT2D eigenvalue weighted by Crippen LogP contribution is 2.44. The highest BCUT2D eigenvalue weighted by atomic mass is 15.1. The molecule has 0 aliphatic heterocycles. The number of hydrogen-bond acceptors (Lipinski definition) is 2. The van der Waals surface area contributed by atoms with E-state index in [2.05, 4.69) is 31.0 Å². The maximum Gasteiger partial charge on any atom is 0.0126 e. The number of nitrogens with one attached hydrogen (secondary N) is 1. The molecule has 0 amide bonds. The second-order valence-electron chi connectivity index (χ2n) is 6.44. The van der Waals surface area contributed by atoms with Gasteiger partial charge >= 0.3 is 0 Å². The van der Waals surface area contributed by atoms with Crippen molar-refractivity contribution in [3.05, 3.63) is 0 Å². The van der Waals surface area contributed by atoms with Crippen LogP contribution in [0, 0.1) is 11.8 Å². The SMILES string of the molecule is CCN(CC)CCCC(C)NC(C1CC1)C1CC1. The van der Waals surface area contributed by atoms with Gasteiger partial charge in [-0.05, 0) is 76.9 Å². The van der Waals surface area contributed by atoms with Crippen molar-refractivity contribution in [2.45, 2.75) is 71.4 Å². The molecule has 2 fully saturated rings. The Bertz CT molecular complexity index is 217. The first-order chi connectivity index (χ1) is 8.74. The second kappa shape index (κ2) is 6.91. The summed E-state index contributed by atoms with van der Waals surface area (Å²) in [6.45, 7) is 10.6. The van der Waals surface area contributed by atoms with Crippen LogP contribution in [0.15, 0.2) is 0 Å². The standard InChI is InChI=1S/C16H32N2/c1-4-18(5-2)12-6-7-13(3)17-16(14-8-9-14)15-10-11-15/h13-17H,4-12H2,1-3H3. The molecule has 106 valence electrons. The first-order valence-corrected chi connectivity index (χ1v) is 8.23. The smallest absolute Gasteiger partial charge is 0.0126 e. The third-order valence-corrected chi connectivity index (χ3v) is 4.74. The molecule has 0 aromatic rings. The molecule has 2 rings (SSSR count). The van der Waals surface area contributed by atoms with Gasteiger partial charge in [0, 0.05) is 12.1 Å². The third-order valence-electron chi connectivity index (χ3n) is 4.74. The summed E-state index contributed by atoms with van der Waals surface area (Å²) in [5.74, 6) is 2.06. The molecule has 1 unspecified atom stereocenters. The first-order valence-electron chi connectivity index (χ1n) is 8.23. The first kappa shape index (κ1) is 14.3. The Labute approximate surface area is 114 Å². The summed E-state index contributed by atoms with van der Waals surface area (Å²) in [6, 6.07) is 1.58. The van der Waals surface area contributed by atoms with Crippen LogP contribution in [0.4, 0.5) is 0 Å². The topological polar surface area (TPSA) is 15.3 Å². The van der Waals surface area contributed by atoms with Crippen molar-refractivity contribution in [2.24, 2.45) is 11.8 Å². The van der Waals surface area contributed by atoms with Crippen LogP contribution in [0.5, 0.6) is 0 Å². The van der Waals surface area contributed by atoms with Crippen molar-refractivity contribution in [1.82, 2.24) is 10.2 Å². The van der Waals surface area contributed by atoms with Crippen molar-refractivity contribution in [3.63, 3.8) is 0 Å². The van der Waals surface area contributed by atoms with Gasteiger partial charge in [0.15, 0.2) is 0 Å². The van der Waals surface area contributed by atoms with Crippen LogP contribution in [0.2, 0.25) is 0 Å². The van der Waals surface area contributed by atoms with Crippen LogP contribution < -0.4 is 5.32 Å². The zero-order valence-electron chi connectivity index (χ0n) is 12.6. The quantitative estimate of drug-likeness (QED) is 0.642. The Kier molecular flexibility index (Phi) is 5.50. The summed E-state index contributed by atoms with van der Waals surface area (Å²) in [5, 5.41) is 3.93. The number of nitrogens with zero attached hydrogens (tertiary/aromatic N) is 1. The van der Waals surface area contributed by atoms with E-state index in [0.29, 0.717) is 6.04 Å². The van der Waals surface area contributed by atoms with Crippen LogP contribution in [-0.2, 0) is 0 Å². The molecule has 2 saturated carbocycles. The van der Waals surface area contributed by atoms with E-state index in [-0.39, 0.29) is 0 Å². The van der Waals surface area contributed by atoms with Crippen LogP contribution in [0.25, 0.3) is 0 Å². The van der Waals surface area contributed by atoms with E-state index in [4.69, 9.17) is 0 Å². The summed E-state index contributed by atoms with van der Waals surface area (Å²) >= 11 is 0. The summed E-state index contributed by atoms with van der Waals surface area (Å²) in [4.78, 5) is 2.53. The fraction of sp³-hybridized carbons (Fsp3) is 1.00. The maximum absolute atomic E-state index is 3.93. The fourth-order valence-corrected chi connectivity index (χ4v) is 3.14. The predicted molar refractivity (Wildman–Crippen MR) is 78.9 cm³/mol. The molecule has 0 aromatic carbocycles. The van der Waals surface area contributed by atoms with E-state index in [1.165, 1.54) is 58.2 Å². The van der Waals surface area contributed by atoms with Crippen molar-refractivity contribution in [3.8, 4) is 0 Å². The zero-order valence-corrected chi connectivity index (χ0v) is 12.6. The van der Waals surface area contributed by atoms with E-state index in [0.717, 1.165) is 17.9 Å². The van der Waals surface area contributed by atoms with Crippen molar-refractivity contribution in [1.29, 1.82) is 0 Å². The van der Waals surface area contributed by atoms with Gasteiger partial charge in [-0.3, -0.25) is 0 Å². The van der Waals surface area contributed by atoms with Gasteiger partial charge < -0.3 is 10.2 Å². The molecule has 0 radical (unpaired) electrons. The molecule has 18 heavy (non-hydrogen) atoms. The minimum atomic E-state index is 0.715. The van der Waals surface area contributed by atoms with E-state index < -0.39 is 0 Å². The summed E-state index contributed by atoms with van der Waals surface area (Å²) < 4.78 is 0. The average Bonchev–Trinajstić information content (AvgIpc) is 3.24. The number of hydrogen-bond donors (Lipinski definition) is 1. The Morgan fingerprint density at radius 3 is 2.06 bits per heavy atom. The normalized spacial score (nSPS) is 21.8. The van der Waals surface area contributed by atoms with Crippen LogP contribution in [-0.4, -0.2) is 36.6 Å². The largest absolute Gasteiger partial charge is 0.311 e. The average molecular weight is 252 g/mol. The molecular formula is C16H32N2. The Hall–Kier alpha value is -0.0800. The Morgan fingerprint density at radius 2 is 1.61 bits per heavy atom. The van der Waals surface area contributed by atoms with E-state index in [1.807, 2.05) is 0 Å². The molecule has 1 atom stereocenters. The number of rotatable bonds is 10. The molecule has 2 nitrogen and oxygen atoms in total. The van der Waals surface area contributed by atoms with E-state index in [9.17, 15) is 0 Å². The highest BCUT2D eigenvalue weighted by molar-refractivity contribution is 4.97. The lowest BCUT2D eigenvalue weighted by Crippen LogP contribution is -2.40. The van der Waals surface area contributed by atoms with Crippen LogP contribution >= 0.6 is 0 Å². The van der Waals surface area contributed by atoms with Gasteiger partial charge in [-0.2, -0.15) is 0 Å². The lowest BCUT2D eigenvalue weighted by Gasteiger charge is -2.24. The minimum absolute atomic E-state index is 0.715. The lowest BCUT2D eigenvalue weighted by atomic mass is 10.0. The lowest BCUT2D eigenvalue weighted by molar-refractivity contribution is 0.283. The summed E-state index contributed by atoms with van der Waals surface area (Å²) in [7, 11) is 0. The van der Waals surface area contributed by atoms with Gasteiger partial charge in [0.05, 0.1) is 0 Å². The summed E-state index contributed by atoms with van der Waals surface area (Å²) in [5.41, 5.74) is 0. The van der Waals surface area contributed by atoms with Crippen molar-refractivity contribution in [2.75, 3.05) is 19.6 Å². The van der Waals surface area contributed by atoms with Gasteiger partial charge in [0.2, 0.25) is 0 Å². The van der Waals surface area contributed by atoms with Gasteiger partial charge in [0.1, 0.15) is 0 Å². The Morgan fingerprint density at radius 1 is 1.06 bits per heavy atom. The molecule has 2 aliphatic rings. The zero-order chi connectivity index (χ0) is 13.0. The molecule has 0 saturated heterocycles. The monoisotopic (exact) mass is 252 g/mol. The molecular weight excluding hydrogens is 220 g/mol. The molecule has 1 N–H and O–H groups in total. The van der Waals surface area contributed by atoms with E-state index in [1.54, 1.807) is 0 Å². The van der Waals surface area contributed by atoms with Gasteiger partial charge in [-0.25, -0.2) is 0 Å². The van der Waals surface area contributed by atoms with Gasteiger partial charge in [-0.1, -0.05) is 13.8 Å².